The predicted octanol–water partition coefficient (Wildman–Crippen LogP) is 2.05. The molecule has 154 valence electrons. The third-order valence-electron chi connectivity index (χ3n) is 4.57. The van der Waals surface area contributed by atoms with Crippen molar-refractivity contribution in [1.29, 1.82) is 0 Å². The highest BCUT2D eigenvalue weighted by Crippen LogP contribution is 2.24. The van der Waals surface area contributed by atoms with E-state index in [1.54, 1.807) is 24.3 Å². The first-order chi connectivity index (χ1) is 13.8. The summed E-state index contributed by atoms with van der Waals surface area (Å²) >= 11 is 0. The van der Waals surface area contributed by atoms with Gasteiger partial charge in [-0.2, -0.15) is 9.41 Å². The Labute approximate surface area is 167 Å². The molecule has 1 amide bonds. The number of nitrogens with zero attached hydrogens (tertiary/aromatic N) is 3. The molecule has 0 unspecified atom stereocenters. The van der Waals surface area contributed by atoms with E-state index in [0.717, 1.165) is 11.8 Å². The summed E-state index contributed by atoms with van der Waals surface area (Å²) in [7, 11) is -3.68. The minimum atomic E-state index is -3.68. The average Bonchev–Trinajstić information content (AvgIpc) is 3.18. The first kappa shape index (κ1) is 20.7. The van der Waals surface area contributed by atoms with E-state index in [1.807, 2.05) is 6.92 Å². The van der Waals surface area contributed by atoms with Crippen LogP contribution in [-0.2, 0) is 14.8 Å². The van der Waals surface area contributed by atoms with E-state index in [0.29, 0.717) is 19.4 Å². The van der Waals surface area contributed by atoms with Gasteiger partial charge in [-0.25, -0.2) is 13.8 Å². The zero-order valence-electron chi connectivity index (χ0n) is 15.6. The van der Waals surface area contributed by atoms with Crippen LogP contribution in [0.5, 0.6) is 0 Å². The van der Waals surface area contributed by atoms with Crippen molar-refractivity contribution >= 4 is 28.0 Å². The number of nitrogens with one attached hydrogen (secondary N) is 1. The molecule has 1 aromatic carbocycles. The van der Waals surface area contributed by atoms with Gasteiger partial charge in [-0.3, -0.25) is 14.9 Å². The quantitative estimate of drug-likeness (QED) is 0.432. The second-order valence-corrected chi connectivity index (χ2v) is 8.62. The minimum Gasteiger partial charge on any atom is -0.400 e. The van der Waals surface area contributed by atoms with Crippen molar-refractivity contribution in [1.82, 2.24) is 9.73 Å². The van der Waals surface area contributed by atoms with Crippen LogP contribution in [-0.4, -0.2) is 42.9 Å². The fraction of sp³-hybridized carbons (Fsp3) is 0.333. The molecule has 29 heavy (non-hydrogen) atoms. The van der Waals surface area contributed by atoms with Gasteiger partial charge in [0.25, 0.3) is 0 Å². The van der Waals surface area contributed by atoms with E-state index in [4.69, 9.17) is 4.42 Å². The lowest BCUT2D eigenvalue weighted by atomic mass is 9.99. The van der Waals surface area contributed by atoms with Gasteiger partial charge >= 0.3 is 5.88 Å². The second-order valence-electron chi connectivity index (χ2n) is 6.68. The van der Waals surface area contributed by atoms with Crippen molar-refractivity contribution < 1.29 is 22.6 Å². The van der Waals surface area contributed by atoms with E-state index in [9.17, 15) is 23.3 Å². The number of sulfonamides is 1. The molecule has 2 heterocycles. The highest BCUT2D eigenvalue weighted by molar-refractivity contribution is 7.89. The Bertz CT molecular complexity index is 1030. The van der Waals surface area contributed by atoms with Gasteiger partial charge in [-0.1, -0.05) is 17.7 Å². The van der Waals surface area contributed by atoms with Crippen LogP contribution in [0.15, 0.2) is 50.8 Å². The molecule has 10 nitrogen and oxygen atoms in total. The number of aryl methyl sites for hydroxylation is 1. The fourth-order valence-corrected chi connectivity index (χ4v) is 4.52. The minimum absolute atomic E-state index is 0.0593. The molecule has 0 aliphatic carbocycles. The number of carbonyl (C=O) groups excluding carboxylic acids is 1. The predicted molar refractivity (Wildman–Crippen MR) is 104 cm³/mol. The number of furan rings is 1. The molecule has 1 aromatic heterocycles. The molecule has 3 rings (SSSR count). The van der Waals surface area contributed by atoms with Gasteiger partial charge in [0.2, 0.25) is 15.9 Å². The number of nitro groups is 1. The Morgan fingerprint density at radius 3 is 2.69 bits per heavy atom. The van der Waals surface area contributed by atoms with E-state index in [-0.39, 0.29) is 17.2 Å². The van der Waals surface area contributed by atoms with Gasteiger partial charge in [0.1, 0.15) is 4.92 Å². The molecule has 1 atom stereocenters. The van der Waals surface area contributed by atoms with E-state index < -0.39 is 32.7 Å². The van der Waals surface area contributed by atoms with Gasteiger partial charge in [-0.05, 0) is 38.0 Å². The van der Waals surface area contributed by atoms with Crippen molar-refractivity contribution in [3.05, 3.63) is 57.8 Å². The molecule has 0 radical (unpaired) electrons. The average molecular weight is 420 g/mol. The zero-order chi connectivity index (χ0) is 21.0. The largest absolute Gasteiger partial charge is 0.433 e. The van der Waals surface area contributed by atoms with Gasteiger partial charge in [0.15, 0.2) is 5.76 Å². The molecular formula is C18H20N4O6S. The molecule has 1 aliphatic heterocycles. The summed E-state index contributed by atoms with van der Waals surface area (Å²) in [5.74, 6) is -1.29. The number of amides is 1. The Morgan fingerprint density at radius 1 is 1.31 bits per heavy atom. The topological polar surface area (TPSA) is 135 Å². The molecule has 1 fully saturated rings. The Kier molecular flexibility index (Phi) is 6.09. The van der Waals surface area contributed by atoms with Crippen LogP contribution in [0.1, 0.15) is 24.2 Å². The fourth-order valence-electron chi connectivity index (χ4n) is 2.99. The van der Waals surface area contributed by atoms with Crippen LogP contribution in [0.3, 0.4) is 0 Å². The number of benzene rings is 1. The van der Waals surface area contributed by atoms with Crippen LogP contribution in [0, 0.1) is 23.0 Å². The van der Waals surface area contributed by atoms with Crippen LogP contribution < -0.4 is 5.43 Å². The van der Waals surface area contributed by atoms with Crippen LogP contribution in [0.4, 0.5) is 5.88 Å². The Balaban J connectivity index is 1.62. The maximum Gasteiger partial charge on any atom is 0.433 e. The molecule has 1 aliphatic rings. The molecule has 1 N–H and O–H groups in total. The Morgan fingerprint density at radius 2 is 2.03 bits per heavy atom. The molecule has 2 aromatic rings. The van der Waals surface area contributed by atoms with Crippen LogP contribution in [0.2, 0.25) is 0 Å². The van der Waals surface area contributed by atoms with Crippen molar-refractivity contribution in [2.75, 3.05) is 13.1 Å². The third kappa shape index (κ3) is 4.87. The third-order valence-corrected chi connectivity index (χ3v) is 6.45. The van der Waals surface area contributed by atoms with Crippen molar-refractivity contribution in [2.45, 2.75) is 24.7 Å². The summed E-state index contributed by atoms with van der Waals surface area (Å²) in [6, 6.07) is 9.11. The first-order valence-electron chi connectivity index (χ1n) is 8.91. The van der Waals surface area contributed by atoms with Crippen LogP contribution >= 0.6 is 0 Å². The summed E-state index contributed by atoms with van der Waals surface area (Å²) in [6.07, 6.45) is 2.24. The van der Waals surface area contributed by atoms with Gasteiger partial charge in [0.05, 0.1) is 23.1 Å². The van der Waals surface area contributed by atoms with E-state index in [1.165, 1.54) is 16.4 Å². The molecule has 0 saturated carbocycles. The molecule has 0 bridgehead atoms. The number of hydrazone groups is 1. The van der Waals surface area contributed by atoms with Crippen molar-refractivity contribution in [2.24, 2.45) is 11.0 Å². The number of rotatable bonds is 6. The number of hydrogen-bond acceptors (Lipinski definition) is 7. The number of piperidine rings is 1. The number of hydrogen-bond donors (Lipinski definition) is 1. The summed E-state index contributed by atoms with van der Waals surface area (Å²) in [6.45, 7) is 2.28. The Hall–Kier alpha value is -3.05. The lowest BCUT2D eigenvalue weighted by Gasteiger charge is -2.30. The normalized spacial score (nSPS) is 18.0. The molecule has 11 heteroatoms. The summed E-state index contributed by atoms with van der Waals surface area (Å²) in [4.78, 5) is 22.5. The van der Waals surface area contributed by atoms with Crippen LogP contribution in [0.25, 0.3) is 0 Å². The maximum atomic E-state index is 12.8. The standard InChI is InChI=1S/C18H20N4O6S/c1-13-4-7-16(8-5-13)29(26,27)21-10-2-3-14(12-21)18(23)20-19-11-15-6-9-17(28-15)22(24)25/h4-9,11,14H,2-3,10,12H2,1H3,(H,20,23)/b19-11-/t14-/m1/s1. The summed E-state index contributed by atoms with van der Waals surface area (Å²) < 4.78 is 31.9. The van der Waals surface area contributed by atoms with Crippen molar-refractivity contribution in [3.8, 4) is 0 Å². The van der Waals surface area contributed by atoms with E-state index >= 15 is 0 Å². The smallest absolute Gasteiger partial charge is 0.400 e. The van der Waals surface area contributed by atoms with E-state index in [2.05, 4.69) is 10.5 Å². The molecular weight excluding hydrogens is 400 g/mol. The zero-order valence-corrected chi connectivity index (χ0v) is 16.5. The first-order valence-corrected chi connectivity index (χ1v) is 10.4. The van der Waals surface area contributed by atoms with Gasteiger partial charge in [-0.15, -0.1) is 0 Å². The maximum absolute atomic E-state index is 12.8. The monoisotopic (exact) mass is 420 g/mol. The molecule has 0 spiro atoms. The lowest BCUT2D eigenvalue weighted by Crippen LogP contribution is -2.44. The lowest BCUT2D eigenvalue weighted by molar-refractivity contribution is -0.402. The summed E-state index contributed by atoms with van der Waals surface area (Å²) in [5.41, 5.74) is 3.30. The van der Waals surface area contributed by atoms with Gasteiger partial charge < -0.3 is 4.42 Å². The number of carbonyl (C=O) groups is 1. The highest BCUT2D eigenvalue weighted by Gasteiger charge is 2.33. The summed E-state index contributed by atoms with van der Waals surface area (Å²) in [5, 5.41) is 14.3. The van der Waals surface area contributed by atoms with Crippen molar-refractivity contribution in [3.63, 3.8) is 0 Å². The highest BCUT2D eigenvalue weighted by atomic mass is 32.2. The second kappa shape index (κ2) is 8.53. The SMILES string of the molecule is Cc1ccc(S(=O)(=O)N2CCC[C@@H](C(=O)N/N=C\c3ccc([N+](=O)[O-])o3)C2)cc1. The van der Waals surface area contributed by atoms with Gasteiger partial charge in [0, 0.05) is 13.1 Å². The molecule has 1 saturated heterocycles.